The Bertz CT molecular complexity index is 532. The zero-order valence-corrected chi connectivity index (χ0v) is 14.2. The summed E-state index contributed by atoms with van der Waals surface area (Å²) in [5.74, 6) is 0.350. The van der Waals surface area contributed by atoms with Crippen LogP contribution in [-0.2, 0) is 9.05 Å². The Morgan fingerprint density at radius 3 is 2.40 bits per heavy atom. The molecule has 0 bridgehead atoms. The van der Waals surface area contributed by atoms with E-state index in [-0.39, 0.29) is 23.1 Å². The van der Waals surface area contributed by atoms with Crippen LogP contribution in [0, 0.1) is 11.3 Å². The average Bonchev–Trinajstić information content (AvgIpc) is 2.69. The van der Waals surface area contributed by atoms with Crippen LogP contribution in [0.15, 0.2) is 12.4 Å². The van der Waals surface area contributed by atoms with Crippen LogP contribution in [-0.4, -0.2) is 30.6 Å². The van der Waals surface area contributed by atoms with Crippen LogP contribution in [0.2, 0.25) is 0 Å². The summed E-state index contributed by atoms with van der Waals surface area (Å²) >= 11 is 0. The van der Waals surface area contributed by atoms with Crippen molar-refractivity contribution in [2.75, 3.05) is 12.4 Å². The molecule has 0 N–H and O–H groups in total. The highest BCUT2D eigenvalue weighted by molar-refractivity contribution is 8.13. The van der Waals surface area contributed by atoms with Gasteiger partial charge in [0.15, 0.2) is 5.75 Å². The highest BCUT2D eigenvalue weighted by Crippen LogP contribution is 2.29. The normalized spacial score (nSPS) is 14.6. The maximum Gasteiger partial charge on any atom is 0.233 e. The molecule has 0 aliphatic rings. The molecular formula is C13H23ClN2O3S. The van der Waals surface area contributed by atoms with Crippen molar-refractivity contribution in [1.29, 1.82) is 0 Å². The summed E-state index contributed by atoms with van der Waals surface area (Å²) in [4.78, 5) is 0. The van der Waals surface area contributed by atoms with Crippen molar-refractivity contribution in [3.63, 3.8) is 0 Å². The number of hydrogen-bond acceptors (Lipinski definition) is 4. The lowest BCUT2D eigenvalue weighted by molar-refractivity contribution is 0.163. The van der Waals surface area contributed by atoms with Crippen molar-refractivity contribution in [2.24, 2.45) is 11.3 Å². The van der Waals surface area contributed by atoms with E-state index in [0.29, 0.717) is 12.4 Å². The van der Waals surface area contributed by atoms with E-state index in [1.54, 1.807) is 17.1 Å². The van der Waals surface area contributed by atoms with Crippen molar-refractivity contribution < 1.29 is 13.2 Å². The first-order valence-corrected chi connectivity index (χ1v) is 9.06. The second-order valence-electron chi connectivity index (χ2n) is 6.33. The maximum absolute atomic E-state index is 11.3. The van der Waals surface area contributed by atoms with Crippen LogP contribution in [0.5, 0.6) is 5.75 Å². The number of nitrogens with zero attached hydrogens (tertiary/aromatic N) is 2. The lowest BCUT2D eigenvalue weighted by Crippen LogP contribution is -2.31. The third-order valence-corrected chi connectivity index (χ3v) is 4.36. The van der Waals surface area contributed by atoms with E-state index < -0.39 is 9.05 Å². The van der Waals surface area contributed by atoms with Gasteiger partial charge in [-0.05, 0) is 19.3 Å². The van der Waals surface area contributed by atoms with E-state index in [1.165, 1.54) is 0 Å². The van der Waals surface area contributed by atoms with Gasteiger partial charge in [0.2, 0.25) is 9.05 Å². The molecule has 1 atom stereocenters. The molecule has 1 unspecified atom stereocenters. The van der Waals surface area contributed by atoms with Gasteiger partial charge < -0.3 is 4.74 Å². The summed E-state index contributed by atoms with van der Waals surface area (Å²) < 4.78 is 30.0. The zero-order chi connectivity index (χ0) is 15.6. The van der Waals surface area contributed by atoms with E-state index in [4.69, 9.17) is 15.4 Å². The van der Waals surface area contributed by atoms with Gasteiger partial charge in [-0.15, -0.1) is 0 Å². The molecule has 20 heavy (non-hydrogen) atoms. The fourth-order valence-corrected chi connectivity index (χ4v) is 3.20. The Balaban J connectivity index is 2.71. The van der Waals surface area contributed by atoms with Gasteiger partial charge in [-0.3, -0.25) is 4.68 Å². The molecule has 7 heteroatoms. The number of ether oxygens (including phenoxy) is 1. The van der Waals surface area contributed by atoms with Crippen molar-refractivity contribution in [3.8, 4) is 5.75 Å². The van der Waals surface area contributed by atoms with Gasteiger partial charge >= 0.3 is 0 Å². The van der Waals surface area contributed by atoms with Gasteiger partial charge in [0, 0.05) is 22.6 Å². The molecule has 116 valence electrons. The van der Waals surface area contributed by atoms with Gasteiger partial charge in [-0.2, -0.15) is 5.10 Å². The Morgan fingerprint density at radius 1 is 1.40 bits per heavy atom. The van der Waals surface area contributed by atoms with Crippen molar-refractivity contribution >= 4 is 19.7 Å². The molecule has 0 saturated carbocycles. The second kappa shape index (κ2) is 6.35. The summed E-state index contributed by atoms with van der Waals surface area (Å²) in [7, 11) is 1.81. The van der Waals surface area contributed by atoms with Gasteiger partial charge in [-0.25, -0.2) is 8.42 Å². The third-order valence-electron chi connectivity index (χ3n) is 3.18. The van der Waals surface area contributed by atoms with Crippen LogP contribution in [0.3, 0.4) is 0 Å². The highest BCUT2D eigenvalue weighted by Gasteiger charge is 2.29. The van der Waals surface area contributed by atoms with Crippen molar-refractivity contribution in [3.05, 3.63) is 12.4 Å². The molecule has 5 nitrogen and oxygen atoms in total. The summed E-state index contributed by atoms with van der Waals surface area (Å²) in [6.45, 7) is 10.3. The van der Waals surface area contributed by atoms with E-state index in [2.05, 4.69) is 5.10 Å². The van der Waals surface area contributed by atoms with Gasteiger partial charge in [0.05, 0.1) is 24.8 Å². The fourth-order valence-electron chi connectivity index (χ4n) is 1.66. The lowest BCUT2D eigenvalue weighted by atomic mass is 9.82. The largest absolute Gasteiger partial charge is 0.490 e. The number of aromatic nitrogens is 2. The molecule has 0 aliphatic heterocycles. The van der Waals surface area contributed by atoms with Crippen LogP contribution in [0.25, 0.3) is 0 Å². The molecule has 1 rings (SSSR count). The summed E-state index contributed by atoms with van der Waals surface area (Å²) in [5.41, 5.74) is -0.212. The first kappa shape index (κ1) is 17.3. The molecule has 0 aliphatic carbocycles. The first-order valence-electron chi connectivity index (χ1n) is 6.58. The maximum atomic E-state index is 11.3. The molecule has 1 aromatic heterocycles. The Kier molecular flexibility index (Phi) is 5.49. The van der Waals surface area contributed by atoms with Crippen LogP contribution >= 0.6 is 10.7 Å². The second-order valence-corrected chi connectivity index (χ2v) is 9.15. The van der Waals surface area contributed by atoms with E-state index in [9.17, 15) is 8.42 Å². The van der Waals surface area contributed by atoms with Gasteiger partial charge in [0.25, 0.3) is 0 Å². The molecular weight excluding hydrogens is 300 g/mol. The SMILES string of the molecule is CC(C)n1cc(OCC(CS(=O)(=O)Cl)C(C)(C)C)cn1. The van der Waals surface area contributed by atoms with Crippen LogP contribution < -0.4 is 4.74 Å². The predicted molar refractivity (Wildman–Crippen MR) is 80.7 cm³/mol. The minimum absolute atomic E-state index is 0.101. The van der Waals surface area contributed by atoms with Crippen LogP contribution in [0.4, 0.5) is 0 Å². The lowest BCUT2D eigenvalue weighted by Gasteiger charge is -2.29. The molecule has 0 fully saturated rings. The molecule has 0 aromatic carbocycles. The zero-order valence-electron chi connectivity index (χ0n) is 12.6. The molecule has 0 saturated heterocycles. The monoisotopic (exact) mass is 322 g/mol. The molecule has 0 radical (unpaired) electrons. The highest BCUT2D eigenvalue weighted by atomic mass is 35.7. The minimum Gasteiger partial charge on any atom is -0.490 e. The van der Waals surface area contributed by atoms with Gasteiger partial charge in [-0.1, -0.05) is 20.8 Å². The van der Waals surface area contributed by atoms with Gasteiger partial charge in [0.1, 0.15) is 0 Å². The smallest absolute Gasteiger partial charge is 0.233 e. The van der Waals surface area contributed by atoms with E-state index in [1.807, 2.05) is 34.6 Å². The molecule has 0 spiro atoms. The predicted octanol–water partition coefficient (Wildman–Crippen LogP) is 3.07. The summed E-state index contributed by atoms with van der Waals surface area (Å²) in [5, 5.41) is 4.18. The Labute approximate surface area is 125 Å². The third kappa shape index (κ3) is 5.71. The number of hydrogen-bond donors (Lipinski definition) is 0. The Hall–Kier alpha value is -0.750. The Morgan fingerprint density at radius 2 is 2.00 bits per heavy atom. The fraction of sp³-hybridized carbons (Fsp3) is 0.769. The average molecular weight is 323 g/mol. The van der Waals surface area contributed by atoms with Crippen molar-refractivity contribution in [1.82, 2.24) is 9.78 Å². The number of halogens is 1. The molecule has 1 aromatic rings. The van der Waals surface area contributed by atoms with Crippen molar-refractivity contribution in [2.45, 2.75) is 40.7 Å². The quantitative estimate of drug-likeness (QED) is 0.755. The summed E-state index contributed by atoms with van der Waals surface area (Å²) in [6.07, 6.45) is 3.44. The standard InChI is InChI=1S/C13H23ClN2O3S/c1-10(2)16-7-12(6-15-16)19-8-11(13(3,4)5)9-20(14,17)18/h6-7,10-11H,8-9H2,1-5H3. The topological polar surface area (TPSA) is 61.2 Å². The van der Waals surface area contributed by atoms with E-state index >= 15 is 0 Å². The molecule has 1 heterocycles. The number of rotatable bonds is 6. The summed E-state index contributed by atoms with van der Waals surface area (Å²) in [6, 6.07) is 0.258. The van der Waals surface area contributed by atoms with Crippen LogP contribution in [0.1, 0.15) is 40.7 Å². The first-order chi connectivity index (χ1) is 8.99. The van der Waals surface area contributed by atoms with E-state index in [0.717, 1.165) is 0 Å². The minimum atomic E-state index is -3.55. The molecule has 0 amide bonds.